The lowest BCUT2D eigenvalue weighted by atomic mass is 10.1. The molecule has 0 aromatic heterocycles. The minimum absolute atomic E-state index is 0.0832. The number of Topliss-reactive ketones (excluding diaryl/α,β-unsaturated/α-hetero) is 1. The summed E-state index contributed by atoms with van der Waals surface area (Å²) >= 11 is 0. The van der Waals surface area contributed by atoms with E-state index in [-0.39, 0.29) is 11.7 Å². The Balaban J connectivity index is 3.04. The zero-order valence-corrected chi connectivity index (χ0v) is 15.0. The van der Waals surface area contributed by atoms with Crippen molar-refractivity contribution in [3.63, 3.8) is 0 Å². The molecule has 6 nitrogen and oxygen atoms in total. The molecular formula is C17H34O6. The second-order valence-electron chi connectivity index (χ2n) is 5.43. The van der Waals surface area contributed by atoms with Crippen molar-refractivity contribution in [3.8, 4) is 0 Å². The molecule has 0 aliphatic rings. The Kier molecular flexibility index (Phi) is 17.4. The Bertz CT molecular complexity index is 257. The van der Waals surface area contributed by atoms with E-state index in [0.717, 1.165) is 13.0 Å². The molecule has 0 N–H and O–H groups in total. The first-order valence-corrected chi connectivity index (χ1v) is 8.59. The van der Waals surface area contributed by atoms with Crippen molar-refractivity contribution in [2.24, 2.45) is 5.92 Å². The predicted molar refractivity (Wildman–Crippen MR) is 88.8 cm³/mol. The molecule has 0 saturated heterocycles. The molecule has 0 saturated carbocycles. The van der Waals surface area contributed by atoms with Crippen molar-refractivity contribution in [2.45, 2.75) is 33.6 Å². The normalized spacial score (nSPS) is 11.3. The summed E-state index contributed by atoms with van der Waals surface area (Å²) < 4.78 is 26.7. The van der Waals surface area contributed by atoms with Gasteiger partial charge in [0.15, 0.2) is 0 Å². The van der Waals surface area contributed by atoms with Gasteiger partial charge in [0.1, 0.15) is 5.78 Å². The van der Waals surface area contributed by atoms with E-state index in [0.29, 0.717) is 65.9 Å². The second kappa shape index (κ2) is 17.8. The quantitative estimate of drug-likeness (QED) is 0.358. The molecule has 0 radical (unpaired) electrons. The molecule has 0 heterocycles. The maximum Gasteiger partial charge on any atom is 0.137 e. The van der Waals surface area contributed by atoms with Crippen LogP contribution in [-0.4, -0.2) is 71.9 Å². The number of carbonyl (C=O) groups is 1. The average molecular weight is 334 g/mol. The Morgan fingerprint density at radius 3 is 1.35 bits per heavy atom. The van der Waals surface area contributed by atoms with Crippen LogP contribution in [0.4, 0.5) is 0 Å². The molecule has 0 aliphatic heterocycles. The smallest absolute Gasteiger partial charge is 0.137 e. The van der Waals surface area contributed by atoms with E-state index in [2.05, 4.69) is 6.92 Å². The maximum absolute atomic E-state index is 11.3. The van der Waals surface area contributed by atoms with E-state index in [9.17, 15) is 4.79 Å². The molecule has 138 valence electrons. The van der Waals surface area contributed by atoms with Gasteiger partial charge in [0.2, 0.25) is 0 Å². The summed E-state index contributed by atoms with van der Waals surface area (Å²) in [6, 6.07) is 0. The van der Waals surface area contributed by atoms with Crippen LogP contribution in [-0.2, 0) is 28.5 Å². The highest BCUT2D eigenvalue weighted by Crippen LogP contribution is 1.98. The van der Waals surface area contributed by atoms with Gasteiger partial charge >= 0.3 is 0 Å². The Morgan fingerprint density at radius 1 is 0.652 bits per heavy atom. The highest BCUT2D eigenvalue weighted by Gasteiger charge is 2.05. The fourth-order valence-corrected chi connectivity index (χ4v) is 1.59. The molecule has 0 spiro atoms. The van der Waals surface area contributed by atoms with Crippen molar-refractivity contribution in [1.29, 1.82) is 0 Å². The molecule has 0 aliphatic carbocycles. The van der Waals surface area contributed by atoms with Crippen LogP contribution in [0.3, 0.4) is 0 Å². The third kappa shape index (κ3) is 17.7. The Hall–Kier alpha value is -0.530. The van der Waals surface area contributed by atoms with Crippen LogP contribution in [0.25, 0.3) is 0 Å². The summed E-state index contributed by atoms with van der Waals surface area (Å²) in [5.74, 6) is 0.318. The summed E-state index contributed by atoms with van der Waals surface area (Å²) in [6.07, 6.45) is 1.51. The first-order chi connectivity index (χ1) is 11.2. The van der Waals surface area contributed by atoms with Gasteiger partial charge in [-0.2, -0.15) is 0 Å². The molecule has 0 atom stereocenters. The Labute approximate surface area is 140 Å². The molecule has 6 heteroatoms. The van der Waals surface area contributed by atoms with E-state index < -0.39 is 0 Å². The highest BCUT2D eigenvalue weighted by atomic mass is 16.6. The molecule has 0 rings (SSSR count). The fourth-order valence-electron chi connectivity index (χ4n) is 1.59. The van der Waals surface area contributed by atoms with Crippen LogP contribution in [0.1, 0.15) is 33.6 Å². The zero-order chi connectivity index (χ0) is 17.2. The van der Waals surface area contributed by atoms with Gasteiger partial charge in [-0.1, -0.05) is 20.8 Å². The van der Waals surface area contributed by atoms with E-state index in [4.69, 9.17) is 23.7 Å². The number of ketones is 1. The van der Waals surface area contributed by atoms with Gasteiger partial charge in [-0.05, 0) is 6.42 Å². The SMILES string of the molecule is CCCOCCOCCOCCOCCOCCC(=O)C(C)C. The molecule has 0 fully saturated rings. The molecule has 0 bridgehead atoms. The number of rotatable bonds is 18. The number of hydrogen-bond acceptors (Lipinski definition) is 6. The number of ether oxygens (including phenoxy) is 5. The van der Waals surface area contributed by atoms with Crippen molar-refractivity contribution < 1.29 is 28.5 Å². The molecule has 0 unspecified atom stereocenters. The van der Waals surface area contributed by atoms with Gasteiger partial charge < -0.3 is 23.7 Å². The van der Waals surface area contributed by atoms with Crippen LogP contribution in [0.5, 0.6) is 0 Å². The van der Waals surface area contributed by atoms with E-state index in [1.54, 1.807) is 0 Å². The third-order valence-corrected chi connectivity index (χ3v) is 2.97. The fraction of sp³-hybridized carbons (Fsp3) is 0.941. The molecule has 0 aromatic carbocycles. The standard InChI is InChI=1S/C17H34O6/c1-4-6-19-8-10-21-12-14-23-15-13-22-11-9-20-7-5-17(18)16(2)3/h16H,4-15H2,1-3H3. The van der Waals surface area contributed by atoms with Crippen LogP contribution in [0.2, 0.25) is 0 Å². The van der Waals surface area contributed by atoms with Crippen molar-refractivity contribution in [3.05, 3.63) is 0 Å². The zero-order valence-electron chi connectivity index (χ0n) is 15.0. The molecular weight excluding hydrogens is 300 g/mol. The summed E-state index contributed by atoms with van der Waals surface area (Å²) in [5.41, 5.74) is 0. The maximum atomic E-state index is 11.3. The van der Waals surface area contributed by atoms with Crippen molar-refractivity contribution in [1.82, 2.24) is 0 Å². The summed E-state index contributed by atoms with van der Waals surface area (Å²) in [5, 5.41) is 0. The molecule has 23 heavy (non-hydrogen) atoms. The average Bonchev–Trinajstić information content (AvgIpc) is 2.54. The van der Waals surface area contributed by atoms with Crippen LogP contribution in [0.15, 0.2) is 0 Å². The monoisotopic (exact) mass is 334 g/mol. The van der Waals surface area contributed by atoms with Crippen molar-refractivity contribution >= 4 is 5.78 Å². The number of carbonyl (C=O) groups excluding carboxylic acids is 1. The third-order valence-electron chi connectivity index (χ3n) is 2.97. The van der Waals surface area contributed by atoms with Crippen LogP contribution in [0, 0.1) is 5.92 Å². The van der Waals surface area contributed by atoms with Gasteiger partial charge in [0.05, 0.1) is 59.5 Å². The van der Waals surface area contributed by atoms with Crippen LogP contribution >= 0.6 is 0 Å². The molecule has 0 amide bonds. The van der Waals surface area contributed by atoms with Crippen molar-refractivity contribution in [2.75, 3.05) is 66.1 Å². The second-order valence-corrected chi connectivity index (χ2v) is 5.43. The highest BCUT2D eigenvalue weighted by molar-refractivity contribution is 5.80. The lowest BCUT2D eigenvalue weighted by molar-refractivity contribution is -0.123. The minimum atomic E-state index is 0.0832. The molecule has 0 aromatic rings. The first kappa shape index (κ1) is 22.5. The minimum Gasteiger partial charge on any atom is -0.379 e. The summed E-state index contributed by atoms with van der Waals surface area (Å²) in [6.45, 7) is 11.6. The Morgan fingerprint density at radius 2 is 1.00 bits per heavy atom. The lowest BCUT2D eigenvalue weighted by Gasteiger charge is -2.08. The van der Waals surface area contributed by atoms with E-state index in [1.807, 2.05) is 13.8 Å². The predicted octanol–water partition coefficient (Wildman–Crippen LogP) is 2.09. The van der Waals surface area contributed by atoms with E-state index in [1.165, 1.54) is 0 Å². The topological polar surface area (TPSA) is 63.2 Å². The van der Waals surface area contributed by atoms with Crippen LogP contribution < -0.4 is 0 Å². The van der Waals surface area contributed by atoms with Gasteiger partial charge in [-0.15, -0.1) is 0 Å². The van der Waals surface area contributed by atoms with Gasteiger partial charge in [-0.3, -0.25) is 4.79 Å². The largest absolute Gasteiger partial charge is 0.379 e. The van der Waals surface area contributed by atoms with Gasteiger partial charge in [0.25, 0.3) is 0 Å². The van der Waals surface area contributed by atoms with E-state index >= 15 is 0 Å². The summed E-state index contributed by atoms with van der Waals surface area (Å²) in [7, 11) is 0. The first-order valence-electron chi connectivity index (χ1n) is 8.59. The van der Waals surface area contributed by atoms with Gasteiger partial charge in [-0.25, -0.2) is 0 Å². The van der Waals surface area contributed by atoms with Gasteiger partial charge in [0, 0.05) is 18.9 Å². The summed E-state index contributed by atoms with van der Waals surface area (Å²) in [4.78, 5) is 11.3. The number of hydrogen-bond donors (Lipinski definition) is 0. The lowest BCUT2D eigenvalue weighted by Crippen LogP contribution is -2.14.